The minimum atomic E-state index is -3.62. The fraction of sp³-hybridized carbons (Fsp3) is 0.409. The maximum absolute atomic E-state index is 12.9. The zero-order valence-corrected chi connectivity index (χ0v) is 18.7. The molecule has 0 atom stereocenters. The lowest BCUT2D eigenvalue weighted by Crippen LogP contribution is -2.31. The van der Waals surface area contributed by atoms with Gasteiger partial charge >= 0.3 is 5.97 Å². The van der Waals surface area contributed by atoms with Gasteiger partial charge in [-0.15, -0.1) is 0 Å². The van der Waals surface area contributed by atoms with E-state index in [1.165, 1.54) is 40.7 Å². The SMILES string of the molecule is O=C(OCc1cc([N+](=O)[O-])cc2c1OCOC2)c1ccc(S(=O)(=O)N2CCCCCC2)cc1. The summed E-state index contributed by atoms with van der Waals surface area (Å²) in [6.45, 7) is 0.903. The minimum absolute atomic E-state index is 0.00128. The van der Waals surface area contributed by atoms with Gasteiger partial charge in [-0.25, -0.2) is 13.2 Å². The van der Waals surface area contributed by atoms with E-state index in [9.17, 15) is 23.3 Å². The first-order valence-electron chi connectivity index (χ1n) is 10.6. The summed E-state index contributed by atoms with van der Waals surface area (Å²) in [7, 11) is -3.62. The number of rotatable bonds is 6. The predicted octanol–water partition coefficient (Wildman–Crippen LogP) is 3.38. The molecule has 11 heteroatoms. The number of hydrogen-bond donors (Lipinski definition) is 0. The van der Waals surface area contributed by atoms with E-state index in [0.29, 0.717) is 30.0 Å². The fourth-order valence-electron chi connectivity index (χ4n) is 3.91. The highest BCUT2D eigenvalue weighted by Gasteiger charge is 2.26. The summed E-state index contributed by atoms with van der Waals surface area (Å²) >= 11 is 0. The van der Waals surface area contributed by atoms with Crippen molar-refractivity contribution in [2.75, 3.05) is 19.9 Å². The average Bonchev–Trinajstić information content (AvgIpc) is 3.12. The molecule has 0 spiro atoms. The molecule has 10 nitrogen and oxygen atoms in total. The van der Waals surface area contributed by atoms with Gasteiger partial charge in [-0.3, -0.25) is 10.1 Å². The normalized spacial score (nSPS) is 16.8. The van der Waals surface area contributed by atoms with Crippen molar-refractivity contribution < 1.29 is 32.3 Å². The summed E-state index contributed by atoms with van der Waals surface area (Å²) < 4.78 is 43.2. The third-order valence-corrected chi connectivity index (χ3v) is 7.55. The van der Waals surface area contributed by atoms with E-state index in [1.807, 2.05) is 0 Å². The molecule has 2 aliphatic rings. The van der Waals surface area contributed by atoms with Crippen LogP contribution in [0.15, 0.2) is 41.3 Å². The van der Waals surface area contributed by atoms with Gasteiger partial charge in [-0.1, -0.05) is 12.8 Å². The predicted molar refractivity (Wildman–Crippen MR) is 116 cm³/mol. The molecule has 0 amide bonds. The number of fused-ring (bicyclic) bond motifs is 1. The van der Waals surface area contributed by atoms with Gasteiger partial charge in [-0.2, -0.15) is 4.31 Å². The van der Waals surface area contributed by atoms with Crippen LogP contribution in [0.5, 0.6) is 5.75 Å². The van der Waals surface area contributed by atoms with Crippen molar-refractivity contribution in [2.45, 2.75) is 43.8 Å². The molecule has 2 aliphatic heterocycles. The molecule has 176 valence electrons. The van der Waals surface area contributed by atoms with Crippen LogP contribution in [0, 0.1) is 10.1 Å². The van der Waals surface area contributed by atoms with Gasteiger partial charge in [0.15, 0.2) is 6.79 Å². The van der Waals surface area contributed by atoms with E-state index in [1.54, 1.807) is 0 Å². The number of hydrogen-bond acceptors (Lipinski definition) is 8. The molecule has 0 N–H and O–H groups in total. The minimum Gasteiger partial charge on any atom is -0.467 e. The number of nitrogens with zero attached hydrogens (tertiary/aromatic N) is 2. The molecule has 0 aromatic heterocycles. The van der Waals surface area contributed by atoms with Gasteiger partial charge in [0.2, 0.25) is 10.0 Å². The molecule has 2 aromatic rings. The topological polar surface area (TPSA) is 125 Å². The van der Waals surface area contributed by atoms with E-state index in [0.717, 1.165) is 25.7 Å². The monoisotopic (exact) mass is 476 g/mol. The van der Waals surface area contributed by atoms with Crippen LogP contribution in [-0.2, 0) is 32.7 Å². The van der Waals surface area contributed by atoms with Gasteiger partial charge in [0.05, 0.1) is 22.0 Å². The van der Waals surface area contributed by atoms with Crippen LogP contribution in [0.1, 0.15) is 47.2 Å². The van der Waals surface area contributed by atoms with Crippen molar-refractivity contribution >= 4 is 21.7 Å². The van der Waals surface area contributed by atoms with Crippen molar-refractivity contribution in [1.82, 2.24) is 4.31 Å². The Morgan fingerprint density at radius 2 is 1.79 bits per heavy atom. The molecule has 33 heavy (non-hydrogen) atoms. The van der Waals surface area contributed by atoms with Gasteiger partial charge in [0.25, 0.3) is 5.69 Å². The molecule has 2 heterocycles. The van der Waals surface area contributed by atoms with E-state index in [2.05, 4.69) is 0 Å². The summed E-state index contributed by atoms with van der Waals surface area (Å²) in [6, 6.07) is 8.26. The highest BCUT2D eigenvalue weighted by molar-refractivity contribution is 7.89. The van der Waals surface area contributed by atoms with Crippen LogP contribution in [0.3, 0.4) is 0 Å². The first-order valence-corrected chi connectivity index (χ1v) is 12.1. The third-order valence-electron chi connectivity index (χ3n) is 5.63. The number of esters is 1. The molecule has 0 saturated carbocycles. The Labute approximate surface area is 191 Å². The highest BCUT2D eigenvalue weighted by atomic mass is 32.2. The van der Waals surface area contributed by atoms with Crippen LogP contribution in [0.2, 0.25) is 0 Å². The molecule has 0 unspecified atom stereocenters. The maximum atomic E-state index is 12.9. The second-order valence-corrected chi connectivity index (χ2v) is 9.82. The number of benzene rings is 2. The van der Waals surface area contributed by atoms with Gasteiger partial charge in [0.1, 0.15) is 12.4 Å². The average molecular weight is 477 g/mol. The first kappa shape index (κ1) is 23.1. The third kappa shape index (κ3) is 5.15. The molecule has 0 radical (unpaired) electrons. The molecular weight excluding hydrogens is 452 g/mol. The summed E-state index contributed by atoms with van der Waals surface area (Å²) in [5.74, 6) is -0.278. The second-order valence-electron chi connectivity index (χ2n) is 7.88. The summed E-state index contributed by atoms with van der Waals surface area (Å²) in [5.41, 5.74) is 0.881. The maximum Gasteiger partial charge on any atom is 0.338 e. The lowest BCUT2D eigenvalue weighted by atomic mass is 10.1. The largest absolute Gasteiger partial charge is 0.467 e. The Kier molecular flexibility index (Phi) is 6.91. The Bertz CT molecular complexity index is 1140. The lowest BCUT2D eigenvalue weighted by molar-refractivity contribution is -0.385. The smallest absolute Gasteiger partial charge is 0.338 e. The lowest BCUT2D eigenvalue weighted by Gasteiger charge is -2.20. The number of non-ortho nitro benzene ring substituents is 1. The number of carbonyl (C=O) groups is 1. The quantitative estimate of drug-likeness (QED) is 0.353. The number of nitro groups is 1. The number of ether oxygens (including phenoxy) is 3. The zero-order valence-electron chi connectivity index (χ0n) is 17.9. The summed E-state index contributed by atoms with van der Waals surface area (Å²) in [6.07, 6.45) is 3.70. The molecule has 1 saturated heterocycles. The van der Waals surface area contributed by atoms with Crippen LogP contribution < -0.4 is 4.74 Å². The van der Waals surface area contributed by atoms with Crippen LogP contribution >= 0.6 is 0 Å². The van der Waals surface area contributed by atoms with Gasteiger partial charge in [-0.05, 0) is 37.1 Å². The molecule has 4 rings (SSSR count). The molecular formula is C22H24N2O8S. The molecule has 0 aliphatic carbocycles. The standard InChI is InChI=1S/C22H24N2O8S/c25-22(31-14-18-12-19(24(26)27)11-17-13-30-15-32-21(17)18)16-5-7-20(8-6-16)33(28,29)23-9-3-1-2-4-10-23/h5-8,11-12H,1-4,9-10,13-15H2. The number of carbonyl (C=O) groups excluding carboxylic acids is 1. The van der Waals surface area contributed by atoms with Crippen LogP contribution in [0.4, 0.5) is 5.69 Å². The van der Waals surface area contributed by atoms with Crippen molar-refractivity contribution in [3.63, 3.8) is 0 Å². The zero-order chi connectivity index (χ0) is 23.4. The van der Waals surface area contributed by atoms with E-state index in [4.69, 9.17) is 14.2 Å². The van der Waals surface area contributed by atoms with Gasteiger partial charge < -0.3 is 14.2 Å². The molecule has 1 fully saturated rings. The van der Waals surface area contributed by atoms with E-state index in [-0.39, 0.29) is 36.2 Å². The van der Waals surface area contributed by atoms with Crippen LogP contribution in [0.25, 0.3) is 0 Å². The Morgan fingerprint density at radius 1 is 1.09 bits per heavy atom. The van der Waals surface area contributed by atoms with E-state index < -0.39 is 20.9 Å². The van der Waals surface area contributed by atoms with Crippen LogP contribution in [-0.4, -0.2) is 43.5 Å². The van der Waals surface area contributed by atoms with Crippen molar-refractivity contribution in [2.24, 2.45) is 0 Å². The molecule has 2 aromatic carbocycles. The molecule has 0 bridgehead atoms. The van der Waals surface area contributed by atoms with Gasteiger partial charge in [0, 0.05) is 36.3 Å². The first-order chi connectivity index (χ1) is 15.9. The van der Waals surface area contributed by atoms with Crippen molar-refractivity contribution in [3.8, 4) is 5.75 Å². The Balaban J connectivity index is 1.46. The fourth-order valence-corrected chi connectivity index (χ4v) is 5.43. The summed E-state index contributed by atoms with van der Waals surface area (Å²) in [4.78, 5) is 23.3. The Hall–Kier alpha value is -3.02. The van der Waals surface area contributed by atoms with E-state index >= 15 is 0 Å². The van der Waals surface area contributed by atoms with Crippen molar-refractivity contribution in [3.05, 3.63) is 63.2 Å². The Morgan fingerprint density at radius 3 is 2.45 bits per heavy atom. The van der Waals surface area contributed by atoms with Crippen molar-refractivity contribution in [1.29, 1.82) is 0 Å². The highest BCUT2D eigenvalue weighted by Crippen LogP contribution is 2.33. The number of nitro benzene ring substituents is 1. The number of sulfonamides is 1. The second kappa shape index (κ2) is 9.86. The summed E-state index contributed by atoms with van der Waals surface area (Å²) in [5, 5.41) is 11.2.